The summed E-state index contributed by atoms with van der Waals surface area (Å²) in [4.78, 5) is 20.1. The standard InChI is InChI=1S/C11H12ClN3O3/c1-5-2-7(18-15-5)3-6-4-8(13)9(12)10(14-6)11(16)17/h4,7H,2-3H2,1H3,(H2,13,14)(H,16,17). The molecule has 0 radical (unpaired) electrons. The molecule has 1 aliphatic rings. The van der Waals surface area contributed by atoms with Crippen LogP contribution in [0.3, 0.4) is 0 Å². The zero-order valence-corrected chi connectivity index (χ0v) is 10.4. The molecule has 96 valence electrons. The highest BCUT2D eigenvalue weighted by atomic mass is 35.5. The van der Waals surface area contributed by atoms with E-state index in [0.29, 0.717) is 18.5 Å². The first-order chi connectivity index (χ1) is 8.47. The van der Waals surface area contributed by atoms with Crippen LogP contribution >= 0.6 is 11.6 Å². The number of halogens is 1. The average molecular weight is 270 g/mol. The van der Waals surface area contributed by atoms with Crippen LogP contribution in [0.4, 0.5) is 5.69 Å². The van der Waals surface area contributed by atoms with Gasteiger partial charge < -0.3 is 15.7 Å². The van der Waals surface area contributed by atoms with Crippen molar-refractivity contribution >= 4 is 29.0 Å². The molecule has 0 aromatic carbocycles. The van der Waals surface area contributed by atoms with Crippen LogP contribution in [0, 0.1) is 0 Å². The SMILES string of the molecule is CC1=NOC(Cc2cc(N)c(Cl)c(C(=O)O)n2)C1. The van der Waals surface area contributed by atoms with Crippen LogP contribution in [0.5, 0.6) is 0 Å². The number of hydrogen-bond acceptors (Lipinski definition) is 5. The second-order valence-corrected chi connectivity index (χ2v) is 4.51. The third kappa shape index (κ3) is 2.53. The first kappa shape index (κ1) is 12.6. The number of nitrogens with zero attached hydrogens (tertiary/aromatic N) is 2. The van der Waals surface area contributed by atoms with Crippen molar-refractivity contribution < 1.29 is 14.7 Å². The number of carboxylic acids is 1. The number of nitrogen functional groups attached to an aromatic ring is 1. The molecule has 2 heterocycles. The molecule has 0 saturated heterocycles. The van der Waals surface area contributed by atoms with Crippen molar-refractivity contribution in [3.8, 4) is 0 Å². The summed E-state index contributed by atoms with van der Waals surface area (Å²) in [6, 6.07) is 1.56. The molecular weight excluding hydrogens is 258 g/mol. The molecular formula is C11H12ClN3O3. The number of pyridine rings is 1. The Morgan fingerprint density at radius 3 is 3.00 bits per heavy atom. The fourth-order valence-electron chi connectivity index (χ4n) is 1.76. The van der Waals surface area contributed by atoms with E-state index in [9.17, 15) is 4.79 Å². The lowest BCUT2D eigenvalue weighted by atomic mass is 10.1. The second kappa shape index (κ2) is 4.81. The number of carbonyl (C=O) groups is 1. The number of hydrogen-bond donors (Lipinski definition) is 2. The highest BCUT2D eigenvalue weighted by Gasteiger charge is 2.21. The molecule has 6 nitrogen and oxygen atoms in total. The van der Waals surface area contributed by atoms with Crippen LogP contribution in [-0.4, -0.2) is 27.9 Å². The van der Waals surface area contributed by atoms with Gasteiger partial charge in [0.2, 0.25) is 0 Å². The molecule has 2 rings (SSSR count). The van der Waals surface area contributed by atoms with Crippen LogP contribution in [0.25, 0.3) is 0 Å². The first-order valence-electron chi connectivity index (χ1n) is 5.35. The van der Waals surface area contributed by atoms with Gasteiger partial charge in [0.25, 0.3) is 0 Å². The van der Waals surface area contributed by atoms with Gasteiger partial charge in [0.05, 0.1) is 16.4 Å². The van der Waals surface area contributed by atoms with Crippen LogP contribution in [-0.2, 0) is 11.3 Å². The van der Waals surface area contributed by atoms with E-state index >= 15 is 0 Å². The van der Waals surface area contributed by atoms with Gasteiger partial charge in [0.1, 0.15) is 6.10 Å². The molecule has 7 heteroatoms. The largest absolute Gasteiger partial charge is 0.476 e. The highest BCUT2D eigenvalue weighted by Crippen LogP contribution is 2.24. The summed E-state index contributed by atoms with van der Waals surface area (Å²) >= 11 is 5.78. The van der Waals surface area contributed by atoms with Gasteiger partial charge in [-0.05, 0) is 13.0 Å². The molecule has 0 fully saturated rings. The lowest BCUT2D eigenvalue weighted by molar-refractivity contribution is 0.0688. The maximum atomic E-state index is 11.0. The monoisotopic (exact) mass is 269 g/mol. The Hall–Kier alpha value is -1.82. The van der Waals surface area contributed by atoms with Gasteiger partial charge in [-0.25, -0.2) is 9.78 Å². The maximum absolute atomic E-state index is 11.0. The Kier molecular flexibility index (Phi) is 3.38. The smallest absolute Gasteiger partial charge is 0.356 e. The number of aromatic carboxylic acids is 1. The Morgan fingerprint density at radius 1 is 1.72 bits per heavy atom. The normalized spacial score (nSPS) is 18.3. The Labute approximate surface area is 108 Å². The topological polar surface area (TPSA) is 97.8 Å². The Balaban J connectivity index is 2.21. The van der Waals surface area contributed by atoms with E-state index in [1.54, 1.807) is 6.07 Å². The summed E-state index contributed by atoms with van der Waals surface area (Å²) in [6.45, 7) is 1.87. The van der Waals surface area contributed by atoms with E-state index < -0.39 is 5.97 Å². The minimum atomic E-state index is -1.20. The number of aromatic nitrogens is 1. The molecule has 0 bridgehead atoms. The zero-order valence-electron chi connectivity index (χ0n) is 9.68. The quantitative estimate of drug-likeness (QED) is 0.871. The predicted molar refractivity (Wildman–Crippen MR) is 66.9 cm³/mol. The molecule has 1 aromatic rings. The van der Waals surface area contributed by atoms with E-state index in [4.69, 9.17) is 27.3 Å². The third-order valence-corrected chi connectivity index (χ3v) is 2.96. The van der Waals surface area contributed by atoms with Crippen molar-refractivity contribution in [2.24, 2.45) is 5.16 Å². The van der Waals surface area contributed by atoms with Crippen molar-refractivity contribution in [1.82, 2.24) is 4.98 Å². The van der Waals surface area contributed by atoms with Gasteiger partial charge in [-0.2, -0.15) is 0 Å². The summed E-state index contributed by atoms with van der Waals surface area (Å²) in [5.41, 5.74) is 7.06. The van der Waals surface area contributed by atoms with Crippen molar-refractivity contribution in [3.05, 3.63) is 22.5 Å². The third-order valence-electron chi connectivity index (χ3n) is 2.56. The van der Waals surface area contributed by atoms with Crippen molar-refractivity contribution in [3.63, 3.8) is 0 Å². The number of nitrogens with two attached hydrogens (primary N) is 1. The number of oxime groups is 1. The van der Waals surface area contributed by atoms with E-state index in [2.05, 4.69) is 10.1 Å². The molecule has 1 atom stereocenters. The highest BCUT2D eigenvalue weighted by molar-refractivity contribution is 6.35. The molecule has 3 N–H and O–H groups in total. The van der Waals surface area contributed by atoms with Crippen molar-refractivity contribution in [2.75, 3.05) is 5.73 Å². The molecule has 0 spiro atoms. The van der Waals surface area contributed by atoms with Gasteiger partial charge >= 0.3 is 5.97 Å². The molecule has 18 heavy (non-hydrogen) atoms. The second-order valence-electron chi connectivity index (χ2n) is 4.13. The molecule has 1 unspecified atom stereocenters. The fourth-order valence-corrected chi connectivity index (χ4v) is 1.94. The minimum absolute atomic E-state index is 0.0361. The lowest BCUT2D eigenvalue weighted by Crippen LogP contribution is -2.14. The van der Waals surface area contributed by atoms with Crippen molar-refractivity contribution in [1.29, 1.82) is 0 Å². The summed E-state index contributed by atoms with van der Waals surface area (Å²) in [5.74, 6) is -1.20. The first-order valence-corrected chi connectivity index (χ1v) is 5.72. The molecule has 1 aromatic heterocycles. The minimum Gasteiger partial charge on any atom is -0.476 e. The number of anilines is 1. The zero-order chi connectivity index (χ0) is 13.3. The fraction of sp³-hybridized carbons (Fsp3) is 0.364. The van der Waals surface area contributed by atoms with Crippen LogP contribution in [0.1, 0.15) is 29.5 Å². The van der Waals surface area contributed by atoms with Gasteiger partial charge in [0, 0.05) is 18.5 Å². The van der Waals surface area contributed by atoms with Crippen LogP contribution in [0.2, 0.25) is 5.02 Å². The number of rotatable bonds is 3. The van der Waals surface area contributed by atoms with Crippen LogP contribution < -0.4 is 5.73 Å². The van der Waals surface area contributed by atoms with E-state index in [1.165, 1.54) is 0 Å². The molecule has 1 aliphatic heterocycles. The maximum Gasteiger partial charge on any atom is 0.356 e. The summed E-state index contributed by atoms with van der Waals surface area (Å²) < 4.78 is 0. The predicted octanol–water partition coefficient (Wildman–Crippen LogP) is 1.72. The number of carboxylic acid groups (broad SMARTS) is 1. The van der Waals surface area contributed by atoms with Gasteiger partial charge in [-0.3, -0.25) is 0 Å². The summed E-state index contributed by atoms with van der Waals surface area (Å²) in [5, 5.41) is 12.8. The molecule has 0 amide bonds. The van der Waals surface area contributed by atoms with Gasteiger partial charge in [-0.1, -0.05) is 16.8 Å². The lowest BCUT2D eigenvalue weighted by Gasteiger charge is -2.10. The Bertz CT molecular complexity index is 531. The molecule has 0 saturated carbocycles. The van der Waals surface area contributed by atoms with E-state index in [1.807, 2.05) is 6.92 Å². The van der Waals surface area contributed by atoms with Gasteiger partial charge in [-0.15, -0.1) is 0 Å². The molecule has 0 aliphatic carbocycles. The van der Waals surface area contributed by atoms with E-state index in [0.717, 1.165) is 5.71 Å². The summed E-state index contributed by atoms with van der Waals surface area (Å²) in [6.07, 6.45) is 1.02. The summed E-state index contributed by atoms with van der Waals surface area (Å²) in [7, 11) is 0. The Morgan fingerprint density at radius 2 is 2.44 bits per heavy atom. The van der Waals surface area contributed by atoms with Crippen molar-refractivity contribution in [2.45, 2.75) is 25.9 Å². The van der Waals surface area contributed by atoms with Gasteiger partial charge in [0.15, 0.2) is 5.69 Å². The average Bonchev–Trinajstić information content (AvgIpc) is 2.68. The van der Waals surface area contributed by atoms with E-state index in [-0.39, 0.29) is 22.5 Å². The van der Waals surface area contributed by atoms with Crippen LogP contribution in [0.15, 0.2) is 11.2 Å².